The van der Waals surface area contributed by atoms with E-state index < -0.39 is 20.0 Å². The molecule has 0 aromatic heterocycles. The summed E-state index contributed by atoms with van der Waals surface area (Å²) in [5, 5.41) is -3.89. The average Bonchev–Trinajstić information content (AvgIpc) is 2.13. The van der Waals surface area contributed by atoms with E-state index in [0.717, 1.165) is 5.56 Å². The molecule has 0 heterocycles. The number of rotatable bonds is 3. The Labute approximate surface area is 87.0 Å². The van der Waals surface area contributed by atoms with Crippen LogP contribution >= 0.6 is 0 Å². The fraction of sp³-hybridized carbons (Fsp3) is 0.200. The number of halogens is 3. The van der Waals surface area contributed by atoms with E-state index >= 15 is 0 Å². The molecule has 0 bridgehead atoms. The first kappa shape index (κ1) is 11.3. The third kappa shape index (κ3) is 5.10. The molecule has 4 heteroatoms. The second-order valence-corrected chi connectivity index (χ2v) is 4.85. The summed E-state index contributed by atoms with van der Waals surface area (Å²) >= 11 is -1.29. The molecule has 0 atom stereocenters. The maximum absolute atomic E-state index is 11.8. The van der Waals surface area contributed by atoms with Crippen LogP contribution in [0.3, 0.4) is 0 Å². The fourth-order valence-electron chi connectivity index (χ4n) is 0.891. The van der Waals surface area contributed by atoms with Gasteiger partial charge < -0.3 is 0 Å². The van der Waals surface area contributed by atoms with E-state index in [9.17, 15) is 13.2 Å². The molecule has 0 spiro atoms. The van der Waals surface area contributed by atoms with Gasteiger partial charge in [0.2, 0.25) is 0 Å². The molecule has 0 N–H and O–H groups in total. The van der Waals surface area contributed by atoms with Crippen LogP contribution in [0.4, 0.5) is 13.2 Å². The van der Waals surface area contributed by atoms with Crippen LogP contribution in [0, 0.1) is 0 Å². The Kier molecular flexibility index (Phi) is 4.23. The van der Waals surface area contributed by atoms with Gasteiger partial charge >= 0.3 is 86.6 Å². The molecule has 0 fully saturated rings. The topological polar surface area (TPSA) is 0 Å². The maximum atomic E-state index is 11.8. The molecule has 1 aromatic rings. The number of hydrogen-bond donors (Lipinski definition) is 0. The van der Waals surface area contributed by atoms with Gasteiger partial charge in [-0.15, -0.1) is 0 Å². The monoisotopic (exact) mass is 266 g/mol. The van der Waals surface area contributed by atoms with Gasteiger partial charge in [-0.1, -0.05) is 0 Å². The molecule has 0 aliphatic rings. The number of alkyl halides is 3. The molecule has 0 aliphatic carbocycles. The van der Waals surface area contributed by atoms with E-state index in [1.807, 2.05) is 30.3 Å². The van der Waals surface area contributed by atoms with Crippen LogP contribution in [0.5, 0.6) is 0 Å². The summed E-state index contributed by atoms with van der Waals surface area (Å²) in [5.41, 5.74) is 0.936. The van der Waals surface area contributed by atoms with Crippen molar-refractivity contribution in [3.63, 3.8) is 0 Å². The molecule has 0 nitrogen and oxygen atoms in total. The van der Waals surface area contributed by atoms with Crippen molar-refractivity contribution in [3.05, 3.63) is 42.0 Å². The summed E-state index contributed by atoms with van der Waals surface area (Å²) < 4.78 is 35.3. The van der Waals surface area contributed by atoms with Crippen molar-refractivity contribution in [3.8, 4) is 0 Å². The third-order valence-corrected chi connectivity index (χ3v) is 2.89. The van der Waals surface area contributed by atoms with Crippen molar-refractivity contribution in [2.24, 2.45) is 0 Å². The molecule has 76 valence electrons. The van der Waals surface area contributed by atoms with Gasteiger partial charge in [0, 0.05) is 0 Å². The Morgan fingerprint density at radius 2 is 1.79 bits per heavy atom. The van der Waals surface area contributed by atoms with Crippen molar-refractivity contribution in [2.45, 2.75) is 10.4 Å². The van der Waals surface area contributed by atoms with Gasteiger partial charge in [-0.3, -0.25) is 0 Å². The molecule has 1 rings (SSSR count). The summed E-state index contributed by atoms with van der Waals surface area (Å²) in [7, 11) is 0. The Morgan fingerprint density at radius 1 is 1.14 bits per heavy atom. The Morgan fingerprint density at radius 3 is 2.36 bits per heavy atom. The van der Waals surface area contributed by atoms with Crippen molar-refractivity contribution in [1.82, 2.24) is 0 Å². The normalized spacial score (nSPS) is 12.2. The van der Waals surface area contributed by atoms with Crippen LogP contribution in [0.25, 0.3) is 6.08 Å². The Bertz CT molecular complexity index is 290. The summed E-state index contributed by atoms with van der Waals surface area (Å²) in [5.74, 6) is 0. The first-order chi connectivity index (χ1) is 6.58. The number of allylic oxidation sites excluding steroid dienone is 1. The van der Waals surface area contributed by atoms with Crippen LogP contribution < -0.4 is 0 Å². The van der Waals surface area contributed by atoms with Gasteiger partial charge in [0.15, 0.2) is 0 Å². The van der Waals surface area contributed by atoms with Crippen molar-refractivity contribution < 1.29 is 13.2 Å². The predicted octanol–water partition coefficient (Wildman–Crippen LogP) is 3.34. The Hall–Kier alpha value is -0.731. The van der Waals surface area contributed by atoms with Gasteiger partial charge in [-0.05, 0) is 0 Å². The summed E-state index contributed by atoms with van der Waals surface area (Å²) in [4.78, 5) is 0. The first-order valence-electron chi connectivity index (χ1n) is 4.00. The third-order valence-electron chi connectivity index (χ3n) is 1.45. The molecular formula is C10H9F3Se. The van der Waals surface area contributed by atoms with Crippen LogP contribution in [0.2, 0.25) is 5.32 Å². The standard InChI is InChI=1S/C10H9F3Se/c11-10(12,13)14-8-4-7-9-5-2-1-3-6-9/h1-7H,8H2/b7-4+. The zero-order chi connectivity index (χ0) is 10.4. The van der Waals surface area contributed by atoms with E-state index in [4.69, 9.17) is 0 Å². The predicted molar refractivity (Wildman–Crippen MR) is 52.1 cm³/mol. The summed E-state index contributed by atoms with van der Waals surface area (Å²) in [6.45, 7) is 0. The van der Waals surface area contributed by atoms with Crippen LogP contribution in [-0.2, 0) is 0 Å². The molecule has 0 saturated heterocycles. The first-order valence-corrected chi connectivity index (χ1v) is 6.07. The van der Waals surface area contributed by atoms with Crippen molar-refractivity contribution >= 4 is 21.0 Å². The SMILES string of the molecule is FC(F)(F)[Se]C/C=C/c1ccccc1. The Balaban J connectivity index is 2.35. The molecule has 14 heavy (non-hydrogen) atoms. The van der Waals surface area contributed by atoms with E-state index in [0.29, 0.717) is 0 Å². The number of hydrogen-bond acceptors (Lipinski definition) is 0. The van der Waals surface area contributed by atoms with Crippen molar-refractivity contribution in [2.75, 3.05) is 0 Å². The van der Waals surface area contributed by atoms with E-state index in [-0.39, 0.29) is 5.32 Å². The van der Waals surface area contributed by atoms with Gasteiger partial charge in [0.25, 0.3) is 0 Å². The molecule has 1 aromatic carbocycles. The minimum atomic E-state index is -3.99. The molecular weight excluding hydrogens is 256 g/mol. The van der Waals surface area contributed by atoms with Gasteiger partial charge in [0.05, 0.1) is 0 Å². The van der Waals surface area contributed by atoms with E-state index in [1.165, 1.54) is 0 Å². The average molecular weight is 265 g/mol. The zero-order valence-corrected chi connectivity index (χ0v) is 9.00. The van der Waals surface area contributed by atoms with Gasteiger partial charge in [-0.2, -0.15) is 0 Å². The van der Waals surface area contributed by atoms with Crippen LogP contribution in [-0.4, -0.2) is 20.0 Å². The second-order valence-electron chi connectivity index (χ2n) is 2.57. The van der Waals surface area contributed by atoms with Crippen molar-refractivity contribution in [1.29, 1.82) is 0 Å². The van der Waals surface area contributed by atoms with E-state index in [1.54, 1.807) is 12.2 Å². The van der Waals surface area contributed by atoms with Gasteiger partial charge in [0.1, 0.15) is 0 Å². The minimum absolute atomic E-state index is 0.103. The number of benzene rings is 1. The van der Waals surface area contributed by atoms with Crippen LogP contribution in [0.15, 0.2) is 36.4 Å². The molecule has 0 saturated carbocycles. The molecule has 0 aliphatic heterocycles. The summed E-state index contributed by atoms with van der Waals surface area (Å²) in [6.07, 6.45) is 3.29. The molecule has 0 amide bonds. The fourth-order valence-corrected chi connectivity index (χ4v) is 1.69. The van der Waals surface area contributed by atoms with E-state index in [2.05, 4.69) is 0 Å². The van der Waals surface area contributed by atoms with Crippen LogP contribution in [0.1, 0.15) is 5.56 Å². The quantitative estimate of drug-likeness (QED) is 0.735. The molecule has 0 unspecified atom stereocenters. The second kappa shape index (κ2) is 5.22. The molecule has 0 radical (unpaired) electrons. The zero-order valence-electron chi connectivity index (χ0n) is 7.29. The summed E-state index contributed by atoms with van der Waals surface area (Å²) in [6, 6.07) is 9.30. The van der Waals surface area contributed by atoms with Gasteiger partial charge in [-0.25, -0.2) is 0 Å².